The van der Waals surface area contributed by atoms with Crippen LogP contribution in [0.1, 0.15) is 21.5 Å². The number of amides is 1. The maximum atomic E-state index is 13.0. The Bertz CT molecular complexity index is 1230. The molecule has 0 aliphatic carbocycles. The summed E-state index contributed by atoms with van der Waals surface area (Å²) in [6.07, 6.45) is 0.523. The van der Waals surface area contributed by atoms with Crippen LogP contribution in [0.3, 0.4) is 0 Å². The highest BCUT2D eigenvalue weighted by Crippen LogP contribution is 2.37. The minimum Gasteiger partial charge on any atom is -0.322 e. The zero-order chi connectivity index (χ0) is 22.7. The lowest BCUT2D eigenvalue weighted by molar-refractivity contribution is -0.137. The van der Waals surface area contributed by atoms with Gasteiger partial charge in [-0.05, 0) is 55.0 Å². The smallest absolute Gasteiger partial charge is 0.322 e. The average molecular weight is 454 g/mol. The molecule has 0 radical (unpaired) electrons. The van der Waals surface area contributed by atoms with Gasteiger partial charge < -0.3 is 5.32 Å². The maximum absolute atomic E-state index is 13.0. The summed E-state index contributed by atoms with van der Waals surface area (Å²) in [4.78, 5) is 23.2. The van der Waals surface area contributed by atoms with E-state index in [1.807, 2.05) is 29.3 Å². The number of aromatic nitrogens is 2. The number of pyridine rings is 1. The molecule has 2 aromatic carbocycles. The number of nitrogens with one attached hydrogen (secondary N) is 1. The van der Waals surface area contributed by atoms with Crippen LogP contribution < -0.4 is 10.2 Å². The second kappa shape index (κ2) is 8.80. The molecule has 0 saturated carbocycles. The summed E-state index contributed by atoms with van der Waals surface area (Å²) in [7, 11) is 0. The Kier molecular flexibility index (Phi) is 5.91. The predicted molar refractivity (Wildman–Crippen MR) is 119 cm³/mol. The number of carbonyl (C=O) groups is 1. The second-order valence-electron chi connectivity index (χ2n) is 6.89. The minimum atomic E-state index is -4.49. The Morgan fingerprint density at radius 2 is 1.81 bits per heavy atom. The second-order valence-corrected chi connectivity index (χ2v) is 7.76. The maximum Gasteiger partial charge on any atom is 0.416 e. The molecular weight excluding hydrogens is 437 g/mol. The number of halogens is 3. The van der Waals surface area contributed by atoms with Crippen molar-refractivity contribution in [2.24, 2.45) is 0 Å². The van der Waals surface area contributed by atoms with Crippen LogP contribution in [0.2, 0.25) is 0 Å². The summed E-state index contributed by atoms with van der Waals surface area (Å²) in [6.45, 7) is 1.91. The quantitative estimate of drug-likeness (QED) is 0.370. The van der Waals surface area contributed by atoms with E-state index in [0.717, 1.165) is 29.1 Å². The molecule has 4 rings (SSSR count). The van der Waals surface area contributed by atoms with Crippen LogP contribution in [0.25, 0.3) is 0 Å². The van der Waals surface area contributed by atoms with Crippen molar-refractivity contribution < 1.29 is 18.0 Å². The molecule has 2 aromatic heterocycles. The van der Waals surface area contributed by atoms with Crippen LogP contribution in [0.15, 0.2) is 78.6 Å². The molecule has 2 heterocycles. The summed E-state index contributed by atoms with van der Waals surface area (Å²) in [5, 5.41) is 5.10. The fourth-order valence-corrected chi connectivity index (χ4v) is 3.81. The molecule has 0 aliphatic heterocycles. The van der Waals surface area contributed by atoms with Gasteiger partial charge in [0.2, 0.25) is 0 Å². The van der Waals surface area contributed by atoms with E-state index in [1.165, 1.54) is 23.5 Å². The number of aryl methyl sites for hydroxylation is 1. The summed E-state index contributed by atoms with van der Waals surface area (Å²) in [5.41, 5.74) is 1.98. The molecule has 9 heteroatoms. The molecule has 0 spiro atoms. The average Bonchev–Trinajstić information content (AvgIpc) is 3.30. The van der Waals surface area contributed by atoms with E-state index in [9.17, 15) is 18.0 Å². The number of hydrogen-bond acceptors (Lipinski definition) is 5. The Morgan fingerprint density at radius 3 is 2.50 bits per heavy atom. The highest BCUT2D eigenvalue weighted by molar-refractivity contribution is 7.13. The molecule has 0 fully saturated rings. The van der Waals surface area contributed by atoms with Crippen molar-refractivity contribution in [1.82, 2.24) is 9.97 Å². The highest BCUT2D eigenvalue weighted by atomic mass is 32.1. The molecule has 0 atom stereocenters. The van der Waals surface area contributed by atoms with Gasteiger partial charge >= 0.3 is 6.18 Å². The molecule has 162 valence electrons. The largest absolute Gasteiger partial charge is 0.416 e. The van der Waals surface area contributed by atoms with Gasteiger partial charge in [0.25, 0.3) is 5.91 Å². The van der Waals surface area contributed by atoms with Crippen LogP contribution in [-0.4, -0.2) is 15.9 Å². The summed E-state index contributed by atoms with van der Waals surface area (Å²) < 4.78 is 38.9. The van der Waals surface area contributed by atoms with E-state index >= 15 is 0 Å². The summed E-state index contributed by atoms with van der Waals surface area (Å²) in [6, 6.07) is 13.3. The van der Waals surface area contributed by atoms with Gasteiger partial charge in [-0.25, -0.2) is 4.98 Å². The van der Waals surface area contributed by atoms with Gasteiger partial charge in [-0.15, -0.1) is 11.3 Å². The zero-order valence-electron chi connectivity index (χ0n) is 16.8. The molecule has 4 aromatic rings. The van der Waals surface area contributed by atoms with E-state index in [4.69, 9.17) is 0 Å². The molecule has 1 amide bonds. The number of thiazole rings is 1. The first-order chi connectivity index (χ1) is 15.3. The van der Waals surface area contributed by atoms with E-state index in [0.29, 0.717) is 10.7 Å². The lowest BCUT2D eigenvalue weighted by atomic mass is 10.1. The van der Waals surface area contributed by atoms with Crippen molar-refractivity contribution >= 4 is 39.4 Å². The first kappa shape index (κ1) is 21.5. The number of anilines is 4. The third kappa shape index (κ3) is 4.62. The Morgan fingerprint density at radius 1 is 1.03 bits per heavy atom. The van der Waals surface area contributed by atoms with Crippen LogP contribution in [0.4, 0.5) is 35.4 Å². The van der Waals surface area contributed by atoms with Gasteiger partial charge in [0.15, 0.2) is 5.13 Å². The third-order valence-corrected chi connectivity index (χ3v) is 5.45. The van der Waals surface area contributed by atoms with Crippen molar-refractivity contribution in [1.29, 1.82) is 0 Å². The Hall–Kier alpha value is -3.72. The zero-order valence-corrected chi connectivity index (χ0v) is 17.6. The minimum absolute atomic E-state index is 0.0675. The Balaban J connectivity index is 1.69. The van der Waals surface area contributed by atoms with Crippen LogP contribution >= 0.6 is 11.3 Å². The van der Waals surface area contributed by atoms with E-state index in [2.05, 4.69) is 15.3 Å². The molecule has 0 bridgehead atoms. The number of nitrogens with zero attached hydrogens (tertiary/aromatic N) is 3. The number of benzene rings is 2. The fraction of sp³-hybridized carbons (Fsp3) is 0.0870. The molecule has 5 nitrogen and oxygen atoms in total. The van der Waals surface area contributed by atoms with Gasteiger partial charge in [-0.3, -0.25) is 14.7 Å². The number of alkyl halides is 3. The summed E-state index contributed by atoms with van der Waals surface area (Å²) in [5.74, 6) is -0.514. The van der Waals surface area contributed by atoms with Crippen molar-refractivity contribution in [2.45, 2.75) is 13.1 Å². The van der Waals surface area contributed by atoms with Gasteiger partial charge in [0.05, 0.1) is 16.9 Å². The monoisotopic (exact) mass is 454 g/mol. The molecule has 0 saturated heterocycles. The first-order valence-corrected chi connectivity index (χ1v) is 10.4. The number of carbonyl (C=O) groups excluding carboxylic acids is 1. The van der Waals surface area contributed by atoms with Crippen LogP contribution in [0.5, 0.6) is 0 Å². The van der Waals surface area contributed by atoms with Crippen LogP contribution in [0, 0.1) is 6.92 Å². The van der Waals surface area contributed by atoms with E-state index < -0.39 is 17.6 Å². The van der Waals surface area contributed by atoms with Crippen LogP contribution in [-0.2, 0) is 6.18 Å². The standard InChI is InChI=1S/C23H17F3N4OS/c1-15-5-6-16(21(31)29-18-4-2-3-17(14-18)23(24,25)26)13-20(15)30(22-28-11-12-32-22)19-7-9-27-10-8-19/h2-14H,1H3,(H,29,31). The lowest BCUT2D eigenvalue weighted by Crippen LogP contribution is -2.16. The lowest BCUT2D eigenvalue weighted by Gasteiger charge is -2.24. The number of hydrogen-bond donors (Lipinski definition) is 1. The SMILES string of the molecule is Cc1ccc(C(=O)Nc2cccc(C(F)(F)F)c2)cc1N(c1ccncc1)c1nccs1. The van der Waals surface area contributed by atoms with E-state index in [1.54, 1.807) is 36.8 Å². The molecule has 0 unspecified atom stereocenters. The molecule has 0 aliphatic rings. The van der Waals surface area contributed by atoms with Crippen molar-refractivity contribution in [2.75, 3.05) is 10.2 Å². The normalized spacial score (nSPS) is 11.2. The topological polar surface area (TPSA) is 58.1 Å². The highest BCUT2D eigenvalue weighted by Gasteiger charge is 2.30. The fourth-order valence-electron chi connectivity index (χ4n) is 3.14. The summed E-state index contributed by atoms with van der Waals surface area (Å²) >= 11 is 1.44. The van der Waals surface area contributed by atoms with Crippen molar-refractivity contribution in [3.8, 4) is 0 Å². The third-order valence-electron chi connectivity index (χ3n) is 4.69. The molecule has 1 N–H and O–H groups in total. The first-order valence-electron chi connectivity index (χ1n) is 9.52. The van der Waals surface area contributed by atoms with Gasteiger partial charge in [0.1, 0.15) is 0 Å². The predicted octanol–water partition coefficient (Wildman–Crippen LogP) is 6.59. The van der Waals surface area contributed by atoms with E-state index in [-0.39, 0.29) is 5.69 Å². The molecule has 32 heavy (non-hydrogen) atoms. The number of rotatable bonds is 5. The van der Waals surface area contributed by atoms with Crippen molar-refractivity contribution in [3.63, 3.8) is 0 Å². The van der Waals surface area contributed by atoms with Crippen molar-refractivity contribution in [3.05, 3.63) is 95.3 Å². The van der Waals surface area contributed by atoms with Gasteiger partial charge in [0, 0.05) is 35.2 Å². The Labute approximate surface area is 186 Å². The van der Waals surface area contributed by atoms with Gasteiger partial charge in [-0.2, -0.15) is 13.2 Å². The van der Waals surface area contributed by atoms with Gasteiger partial charge in [-0.1, -0.05) is 12.1 Å². The molecular formula is C23H17F3N4OS.